The second-order valence-electron chi connectivity index (χ2n) is 10.8. The van der Waals surface area contributed by atoms with Crippen LogP contribution < -0.4 is 15.6 Å². The second-order valence-corrected chi connectivity index (χ2v) is 11.7. The average Bonchev–Trinajstić information content (AvgIpc) is 3.62. The van der Waals surface area contributed by atoms with Gasteiger partial charge >= 0.3 is 0 Å². The fourth-order valence-electron chi connectivity index (χ4n) is 5.59. The Morgan fingerprint density at radius 3 is 2.64 bits per heavy atom. The number of likely N-dealkylation sites (tertiary alicyclic amines) is 1. The molecule has 2 aliphatic heterocycles. The molecule has 7 rings (SSSR count). The van der Waals surface area contributed by atoms with Gasteiger partial charge in [-0.2, -0.15) is 10.1 Å². The maximum absolute atomic E-state index is 12.8. The zero-order valence-corrected chi connectivity index (χ0v) is 24.4. The number of aromatic nitrogens is 4. The third-order valence-electron chi connectivity index (χ3n) is 7.92. The summed E-state index contributed by atoms with van der Waals surface area (Å²) < 4.78 is 14.2. The van der Waals surface area contributed by atoms with Crippen molar-refractivity contribution in [3.63, 3.8) is 0 Å². The number of hydrogen-bond acceptors (Lipinski definition) is 10. The van der Waals surface area contributed by atoms with Crippen molar-refractivity contribution in [1.82, 2.24) is 24.6 Å². The predicted molar refractivity (Wildman–Crippen MR) is 165 cm³/mol. The molecule has 2 fully saturated rings. The van der Waals surface area contributed by atoms with Gasteiger partial charge in [-0.25, -0.2) is 9.67 Å². The molecule has 2 saturated heterocycles. The number of aryl methyl sites for hydroxylation is 1. The fourth-order valence-corrected chi connectivity index (χ4v) is 6.51. The Balaban J connectivity index is 1.08. The SMILES string of the molecule is Cc1nn(-c2ccnc(Nc3ccc(-c4csc5c(=O)cc(N6CCOCC6)oc45)cc3)n2)cc1CN1CCCCC1. The van der Waals surface area contributed by atoms with E-state index in [4.69, 9.17) is 19.2 Å². The number of hydrogen-bond donors (Lipinski definition) is 1. The summed E-state index contributed by atoms with van der Waals surface area (Å²) in [4.78, 5) is 26.6. The molecule has 0 aliphatic carbocycles. The van der Waals surface area contributed by atoms with Gasteiger partial charge < -0.3 is 19.4 Å². The zero-order chi connectivity index (χ0) is 28.5. The van der Waals surface area contributed by atoms with Crippen molar-refractivity contribution in [3.8, 4) is 16.9 Å². The molecule has 11 heteroatoms. The van der Waals surface area contributed by atoms with Crippen LogP contribution in [-0.2, 0) is 11.3 Å². The third kappa shape index (κ3) is 5.55. The minimum Gasteiger partial charge on any atom is -0.439 e. The van der Waals surface area contributed by atoms with E-state index in [1.807, 2.05) is 40.4 Å². The van der Waals surface area contributed by atoms with Gasteiger partial charge in [0, 0.05) is 66.4 Å². The van der Waals surface area contributed by atoms with Crippen molar-refractivity contribution < 1.29 is 9.15 Å². The summed E-state index contributed by atoms with van der Waals surface area (Å²) in [6, 6.07) is 11.4. The normalized spacial score (nSPS) is 16.3. The van der Waals surface area contributed by atoms with E-state index in [1.165, 1.54) is 36.2 Å². The van der Waals surface area contributed by atoms with Crippen LogP contribution in [0.15, 0.2) is 63.4 Å². The van der Waals surface area contributed by atoms with Crippen molar-refractivity contribution in [1.29, 1.82) is 0 Å². The first kappa shape index (κ1) is 26.8. The number of rotatable bonds is 7. The van der Waals surface area contributed by atoms with Gasteiger partial charge in [0.1, 0.15) is 4.70 Å². The van der Waals surface area contributed by atoms with E-state index in [-0.39, 0.29) is 5.43 Å². The van der Waals surface area contributed by atoms with Crippen molar-refractivity contribution in [2.45, 2.75) is 32.7 Å². The van der Waals surface area contributed by atoms with Gasteiger partial charge in [-0.15, -0.1) is 11.3 Å². The third-order valence-corrected chi connectivity index (χ3v) is 8.90. The molecule has 1 N–H and O–H groups in total. The number of fused-ring (bicyclic) bond motifs is 1. The average molecular weight is 584 g/mol. The summed E-state index contributed by atoms with van der Waals surface area (Å²) in [5.74, 6) is 1.80. The van der Waals surface area contributed by atoms with E-state index in [0.29, 0.717) is 54.2 Å². The maximum atomic E-state index is 12.8. The van der Waals surface area contributed by atoms with Crippen molar-refractivity contribution in [2.24, 2.45) is 0 Å². The fraction of sp³-hybridized carbons (Fsp3) is 0.355. The molecule has 0 atom stereocenters. The predicted octanol–water partition coefficient (Wildman–Crippen LogP) is 5.37. The molecule has 0 bridgehead atoms. The van der Waals surface area contributed by atoms with Crippen molar-refractivity contribution >= 4 is 39.1 Å². The molecule has 0 spiro atoms. The largest absolute Gasteiger partial charge is 0.439 e. The van der Waals surface area contributed by atoms with E-state index in [0.717, 1.165) is 42.1 Å². The number of nitrogens with one attached hydrogen (secondary N) is 1. The van der Waals surface area contributed by atoms with E-state index >= 15 is 0 Å². The first-order chi connectivity index (χ1) is 20.6. The van der Waals surface area contributed by atoms with E-state index in [2.05, 4.69) is 33.2 Å². The van der Waals surface area contributed by atoms with Crippen LogP contribution in [0.25, 0.3) is 27.2 Å². The van der Waals surface area contributed by atoms with Crippen LogP contribution in [0.3, 0.4) is 0 Å². The van der Waals surface area contributed by atoms with Gasteiger partial charge in [0.2, 0.25) is 11.4 Å². The van der Waals surface area contributed by atoms with Crippen molar-refractivity contribution in [3.05, 3.63) is 75.7 Å². The molecule has 0 amide bonds. The lowest BCUT2D eigenvalue weighted by molar-refractivity contribution is 0.121. The molecule has 10 nitrogen and oxygen atoms in total. The number of morpholine rings is 1. The van der Waals surface area contributed by atoms with Gasteiger partial charge in [0.05, 0.1) is 18.9 Å². The second kappa shape index (κ2) is 11.7. The molecule has 5 aromatic rings. The summed E-state index contributed by atoms with van der Waals surface area (Å²) in [6.07, 6.45) is 7.69. The lowest BCUT2D eigenvalue weighted by Crippen LogP contribution is -2.36. The highest BCUT2D eigenvalue weighted by Gasteiger charge is 2.19. The number of piperidine rings is 1. The molecule has 0 unspecified atom stereocenters. The molecule has 216 valence electrons. The van der Waals surface area contributed by atoms with Crippen LogP contribution in [0, 0.1) is 6.92 Å². The highest BCUT2D eigenvalue weighted by atomic mass is 32.1. The summed E-state index contributed by atoms with van der Waals surface area (Å²) in [5.41, 5.74) is 5.59. The number of thiophene rings is 1. The number of nitrogens with zero attached hydrogens (tertiary/aromatic N) is 6. The highest BCUT2D eigenvalue weighted by molar-refractivity contribution is 7.17. The molecule has 1 aromatic carbocycles. The van der Waals surface area contributed by atoms with E-state index < -0.39 is 0 Å². The lowest BCUT2D eigenvalue weighted by atomic mass is 10.1. The summed E-state index contributed by atoms with van der Waals surface area (Å²) >= 11 is 1.41. The molecule has 42 heavy (non-hydrogen) atoms. The van der Waals surface area contributed by atoms with Gasteiger partial charge in [-0.3, -0.25) is 9.69 Å². The lowest BCUT2D eigenvalue weighted by Gasteiger charge is -2.27. The Morgan fingerprint density at radius 1 is 1.02 bits per heavy atom. The topological polar surface area (TPSA) is 102 Å². The Kier molecular flexibility index (Phi) is 7.45. The maximum Gasteiger partial charge on any atom is 0.229 e. The minimum atomic E-state index is -0.0182. The summed E-state index contributed by atoms with van der Waals surface area (Å²) in [7, 11) is 0. The first-order valence-corrected chi connectivity index (χ1v) is 15.4. The Bertz CT molecular complexity index is 1750. The van der Waals surface area contributed by atoms with Crippen LogP contribution in [0.2, 0.25) is 0 Å². The van der Waals surface area contributed by atoms with E-state index in [9.17, 15) is 4.79 Å². The molecule has 2 aliphatic rings. The van der Waals surface area contributed by atoms with Gasteiger partial charge in [0.15, 0.2) is 17.3 Å². The van der Waals surface area contributed by atoms with Gasteiger partial charge in [-0.05, 0) is 50.6 Å². The monoisotopic (exact) mass is 583 g/mol. The molecule has 6 heterocycles. The first-order valence-electron chi connectivity index (χ1n) is 14.5. The van der Waals surface area contributed by atoms with Gasteiger partial charge in [-0.1, -0.05) is 18.6 Å². The quantitative estimate of drug-likeness (QED) is 0.271. The number of benzene rings is 1. The Hall–Kier alpha value is -4.06. The molecular weight excluding hydrogens is 550 g/mol. The molecular formula is C31H33N7O3S. The standard InChI is InChI=1S/C31H33N7O3S/c1-21-23(18-36-11-3-2-4-12-36)19-38(35-21)27-9-10-32-31(34-27)33-24-7-5-22(6-8-24)25-20-42-30-26(39)17-28(41-29(25)30)37-13-15-40-16-14-37/h5-10,17,19-20H,2-4,11-16,18H2,1H3,(H,32,33,34). The molecule has 0 saturated carbocycles. The smallest absolute Gasteiger partial charge is 0.229 e. The van der Waals surface area contributed by atoms with Crippen LogP contribution >= 0.6 is 11.3 Å². The zero-order valence-electron chi connectivity index (χ0n) is 23.6. The van der Waals surface area contributed by atoms with Crippen LogP contribution in [0.1, 0.15) is 30.5 Å². The van der Waals surface area contributed by atoms with Crippen LogP contribution in [0.4, 0.5) is 17.5 Å². The number of anilines is 3. The summed E-state index contributed by atoms with van der Waals surface area (Å²) in [5, 5.41) is 10.0. The molecule has 0 radical (unpaired) electrons. The number of ether oxygens (including phenoxy) is 1. The molecule has 4 aromatic heterocycles. The Morgan fingerprint density at radius 2 is 1.83 bits per heavy atom. The van der Waals surface area contributed by atoms with Crippen LogP contribution in [-0.4, -0.2) is 64.0 Å². The Labute approximate surface area is 247 Å². The minimum absolute atomic E-state index is 0.0182. The van der Waals surface area contributed by atoms with E-state index in [1.54, 1.807) is 12.3 Å². The highest BCUT2D eigenvalue weighted by Crippen LogP contribution is 2.35. The van der Waals surface area contributed by atoms with Crippen molar-refractivity contribution in [2.75, 3.05) is 49.6 Å². The van der Waals surface area contributed by atoms with Crippen LogP contribution in [0.5, 0.6) is 0 Å². The van der Waals surface area contributed by atoms with Gasteiger partial charge in [0.25, 0.3) is 0 Å². The summed E-state index contributed by atoms with van der Waals surface area (Å²) in [6.45, 7) is 7.94.